The molecule has 0 radical (unpaired) electrons. The van der Waals surface area contributed by atoms with Crippen molar-refractivity contribution in [2.45, 2.75) is 31.9 Å². The molecule has 0 unspecified atom stereocenters. The highest BCUT2D eigenvalue weighted by atomic mass is 16.5. The molecule has 8 nitrogen and oxygen atoms in total. The van der Waals surface area contributed by atoms with Crippen LogP contribution < -0.4 is 15.0 Å². The molecule has 1 N–H and O–H groups in total. The molecule has 4 heterocycles. The average Bonchev–Trinajstić information content (AvgIpc) is 2.73. The number of methoxy groups -OCH3 is 1. The number of hydrogen-bond donors (Lipinski definition) is 1. The molecule has 142 valence electrons. The Labute approximate surface area is 157 Å². The van der Waals surface area contributed by atoms with E-state index in [1.54, 1.807) is 18.3 Å². The Morgan fingerprint density at radius 2 is 2.33 bits per heavy atom. The Balaban J connectivity index is 1.42. The summed E-state index contributed by atoms with van der Waals surface area (Å²) >= 11 is 0. The zero-order valence-electron chi connectivity index (χ0n) is 15.4. The van der Waals surface area contributed by atoms with Crippen molar-refractivity contribution in [1.29, 1.82) is 0 Å². The van der Waals surface area contributed by atoms with E-state index < -0.39 is 0 Å². The lowest BCUT2D eigenvalue weighted by molar-refractivity contribution is 0.0932. The van der Waals surface area contributed by atoms with Crippen LogP contribution in [0, 0.1) is 0 Å². The van der Waals surface area contributed by atoms with Crippen LogP contribution in [0.2, 0.25) is 0 Å². The topological polar surface area (TPSA) is 89.5 Å². The van der Waals surface area contributed by atoms with Crippen molar-refractivity contribution in [3.63, 3.8) is 0 Å². The summed E-state index contributed by atoms with van der Waals surface area (Å²) in [5.74, 6) is 1.05. The molecule has 1 amide bonds. The van der Waals surface area contributed by atoms with Crippen LogP contribution in [-0.2, 0) is 17.8 Å². The SMILES string of the molecule is COc1cc(C(=O)N[C@H]2CCCN(c3ncc4c(n3)CCOC4)C2)ccn1. The minimum atomic E-state index is -0.119. The van der Waals surface area contributed by atoms with Crippen LogP contribution in [0.1, 0.15) is 34.5 Å². The predicted molar refractivity (Wildman–Crippen MR) is 98.9 cm³/mol. The van der Waals surface area contributed by atoms with Crippen LogP contribution in [0.15, 0.2) is 24.5 Å². The second-order valence-corrected chi connectivity index (χ2v) is 6.79. The molecule has 0 spiro atoms. The number of amides is 1. The van der Waals surface area contributed by atoms with Gasteiger partial charge in [-0.1, -0.05) is 0 Å². The number of nitrogens with one attached hydrogen (secondary N) is 1. The number of carbonyl (C=O) groups excluding carboxylic acids is 1. The van der Waals surface area contributed by atoms with Gasteiger partial charge in [-0.15, -0.1) is 0 Å². The van der Waals surface area contributed by atoms with E-state index in [0.29, 0.717) is 31.2 Å². The summed E-state index contributed by atoms with van der Waals surface area (Å²) in [6.45, 7) is 2.88. The molecule has 1 saturated heterocycles. The normalized spacial score (nSPS) is 19.3. The number of ether oxygens (including phenoxy) is 2. The van der Waals surface area contributed by atoms with Gasteiger partial charge in [-0.05, 0) is 18.9 Å². The molecule has 2 aromatic rings. The molecule has 27 heavy (non-hydrogen) atoms. The Hall–Kier alpha value is -2.74. The second-order valence-electron chi connectivity index (χ2n) is 6.79. The van der Waals surface area contributed by atoms with Gasteiger partial charge in [-0.3, -0.25) is 4.79 Å². The van der Waals surface area contributed by atoms with Gasteiger partial charge in [0.25, 0.3) is 5.91 Å². The summed E-state index contributed by atoms with van der Waals surface area (Å²) in [5.41, 5.74) is 2.68. The molecule has 2 aliphatic heterocycles. The van der Waals surface area contributed by atoms with E-state index in [1.165, 1.54) is 7.11 Å². The third-order valence-electron chi connectivity index (χ3n) is 4.93. The maximum absolute atomic E-state index is 12.6. The molecular formula is C19H23N5O3. The Kier molecular flexibility index (Phi) is 5.15. The number of fused-ring (bicyclic) bond motifs is 1. The van der Waals surface area contributed by atoms with Crippen LogP contribution in [0.3, 0.4) is 0 Å². The third-order valence-corrected chi connectivity index (χ3v) is 4.93. The minimum Gasteiger partial charge on any atom is -0.481 e. The van der Waals surface area contributed by atoms with Crippen LogP contribution >= 0.6 is 0 Å². The number of aromatic nitrogens is 3. The standard InChI is InChI=1S/C19H23N5O3/c1-26-17-9-13(4-6-20-17)18(25)22-15-3-2-7-24(11-15)19-21-10-14-12-27-8-5-16(14)23-19/h4,6,9-10,15H,2-3,5,7-8,11-12H2,1H3,(H,22,25)/t15-/m0/s1. The smallest absolute Gasteiger partial charge is 0.251 e. The first-order chi connectivity index (χ1) is 13.2. The van der Waals surface area contributed by atoms with Gasteiger partial charge in [0.2, 0.25) is 11.8 Å². The monoisotopic (exact) mass is 369 g/mol. The number of piperidine rings is 1. The lowest BCUT2D eigenvalue weighted by Crippen LogP contribution is -2.48. The first kappa shape index (κ1) is 17.7. The molecule has 4 rings (SSSR count). The Morgan fingerprint density at radius 1 is 1.41 bits per heavy atom. The van der Waals surface area contributed by atoms with Crippen molar-refractivity contribution < 1.29 is 14.3 Å². The Morgan fingerprint density at radius 3 is 3.22 bits per heavy atom. The first-order valence-electron chi connectivity index (χ1n) is 9.21. The number of pyridine rings is 1. The number of anilines is 1. The van der Waals surface area contributed by atoms with Crippen LogP contribution in [0.4, 0.5) is 5.95 Å². The van der Waals surface area contributed by atoms with E-state index in [-0.39, 0.29) is 11.9 Å². The maximum atomic E-state index is 12.6. The van der Waals surface area contributed by atoms with Crippen molar-refractivity contribution in [2.75, 3.05) is 31.7 Å². The molecule has 0 aromatic carbocycles. The van der Waals surface area contributed by atoms with E-state index >= 15 is 0 Å². The van der Waals surface area contributed by atoms with E-state index in [1.807, 2.05) is 6.20 Å². The fourth-order valence-electron chi connectivity index (χ4n) is 3.48. The van der Waals surface area contributed by atoms with Crippen molar-refractivity contribution in [2.24, 2.45) is 0 Å². The van der Waals surface area contributed by atoms with Crippen molar-refractivity contribution in [1.82, 2.24) is 20.3 Å². The van der Waals surface area contributed by atoms with Gasteiger partial charge in [0.15, 0.2) is 0 Å². The van der Waals surface area contributed by atoms with Crippen LogP contribution in [0.25, 0.3) is 0 Å². The summed E-state index contributed by atoms with van der Waals surface area (Å²) in [4.78, 5) is 28.0. The molecule has 1 atom stereocenters. The Bertz CT molecular complexity index is 829. The lowest BCUT2D eigenvalue weighted by Gasteiger charge is -2.33. The molecule has 0 aliphatic carbocycles. The van der Waals surface area contributed by atoms with Gasteiger partial charge in [-0.2, -0.15) is 0 Å². The third kappa shape index (κ3) is 4.00. The minimum absolute atomic E-state index is 0.0494. The fraction of sp³-hybridized carbons (Fsp3) is 0.474. The van der Waals surface area contributed by atoms with E-state index in [4.69, 9.17) is 14.5 Å². The van der Waals surface area contributed by atoms with Crippen molar-refractivity contribution >= 4 is 11.9 Å². The summed E-state index contributed by atoms with van der Waals surface area (Å²) in [7, 11) is 1.54. The van der Waals surface area contributed by atoms with E-state index in [2.05, 4.69) is 20.2 Å². The van der Waals surface area contributed by atoms with Gasteiger partial charge < -0.3 is 19.7 Å². The van der Waals surface area contributed by atoms with E-state index in [0.717, 1.165) is 43.0 Å². The van der Waals surface area contributed by atoms with E-state index in [9.17, 15) is 4.79 Å². The van der Waals surface area contributed by atoms with Crippen LogP contribution in [0.5, 0.6) is 5.88 Å². The quantitative estimate of drug-likeness (QED) is 0.870. The maximum Gasteiger partial charge on any atom is 0.251 e. The van der Waals surface area contributed by atoms with Gasteiger partial charge in [0.05, 0.1) is 26.0 Å². The largest absolute Gasteiger partial charge is 0.481 e. The molecule has 0 saturated carbocycles. The number of rotatable bonds is 4. The second kappa shape index (κ2) is 7.87. The van der Waals surface area contributed by atoms with Gasteiger partial charge in [0, 0.05) is 55.1 Å². The number of hydrogen-bond acceptors (Lipinski definition) is 7. The molecule has 0 bridgehead atoms. The highest BCUT2D eigenvalue weighted by Crippen LogP contribution is 2.20. The van der Waals surface area contributed by atoms with Crippen molar-refractivity contribution in [3.8, 4) is 5.88 Å². The first-order valence-corrected chi connectivity index (χ1v) is 9.21. The highest BCUT2D eigenvalue weighted by Gasteiger charge is 2.24. The molecule has 8 heteroatoms. The molecule has 2 aliphatic rings. The summed E-state index contributed by atoms with van der Waals surface area (Å²) in [5, 5.41) is 3.11. The zero-order chi connectivity index (χ0) is 18.6. The molecule has 2 aromatic heterocycles. The van der Waals surface area contributed by atoms with Crippen LogP contribution in [-0.4, -0.2) is 53.7 Å². The summed E-state index contributed by atoms with van der Waals surface area (Å²) < 4.78 is 10.5. The number of nitrogens with zero attached hydrogens (tertiary/aromatic N) is 4. The zero-order valence-corrected chi connectivity index (χ0v) is 15.4. The fourth-order valence-corrected chi connectivity index (χ4v) is 3.48. The summed E-state index contributed by atoms with van der Waals surface area (Å²) in [6.07, 6.45) is 6.17. The summed E-state index contributed by atoms with van der Waals surface area (Å²) in [6, 6.07) is 3.38. The molecule has 1 fully saturated rings. The van der Waals surface area contributed by atoms with Gasteiger partial charge >= 0.3 is 0 Å². The van der Waals surface area contributed by atoms with Gasteiger partial charge in [0.1, 0.15) is 0 Å². The van der Waals surface area contributed by atoms with Gasteiger partial charge in [-0.25, -0.2) is 15.0 Å². The lowest BCUT2D eigenvalue weighted by atomic mass is 10.1. The highest BCUT2D eigenvalue weighted by molar-refractivity contribution is 5.94. The number of carbonyl (C=O) groups is 1. The predicted octanol–water partition coefficient (Wildman–Crippen LogP) is 1.35. The van der Waals surface area contributed by atoms with Crippen molar-refractivity contribution in [3.05, 3.63) is 41.3 Å². The molecular weight excluding hydrogens is 346 g/mol. The average molecular weight is 369 g/mol.